The molecule has 0 spiro atoms. The highest BCUT2D eigenvalue weighted by molar-refractivity contribution is 7.89. The Labute approximate surface area is 100 Å². The third kappa shape index (κ3) is 3.30. The second-order valence-corrected chi connectivity index (χ2v) is 5.44. The normalized spacial score (nSPS) is 13.4. The van der Waals surface area contributed by atoms with Crippen molar-refractivity contribution in [3.63, 3.8) is 0 Å². The summed E-state index contributed by atoms with van der Waals surface area (Å²) in [6.45, 7) is 5.30. The Morgan fingerprint density at radius 1 is 1.69 bits per heavy atom. The molecule has 4 nitrogen and oxygen atoms in total. The topological polar surface area (TPSA) is 59.1 Å². The van der Waals surface area contributed by atoms with Crippen LogP contribution < -0.4 is 4.72 Å². The van der Waals surface area contributed by atoms with Gasteiger partial charge in [-0.05, 0) is 19.4 Å². The van der Waals surface area contributed by atoms with Crippen molar-refractivity contribution in [1.82, 2.24) is 9.71 Å². The van der Waals surface area contributed by atoms with Crippen molar-refractivity contribution in [1.29, 1.82) is 0 Å². The molecule has 0 aliphatic carbocycles. The van der Waals surface area contributed by atoms with E-state index in [9.17, 15) is 8.42 Å². The summed E-state index contributed by atoms with van der Waals surface area (Å²) in [4.78, 5) is 3.73. The van der Waals surface area contributed by atoms with Crippen LogP contribution in [0.1, 0.15) is 13.3 Å². The number of nitrogens with one attached hydrogen (secondary N) is 1. The Bertz CT molecular complexity index is 473. The van der Waals surface area contributed by atoms with Gasteiger partial charge in [-0.3, -0.25) is 4.98 Å². The molecule has 0 aliphatic rings. The van der Waals surface area contributed by atoms with Crippen LogP contribution in [0.3, 0.4) is 0 Å². The summed E-state index contributed by atoms with van der Waals surface area (Å²) in [6.07, 6.45) is 4.87. The smallest absolute Gasteiger partial charge is 0.243 e. The first-order chi connectivity index (χ1) is 7.47. The second kappa shape index (κ2) is 5.43. The minimum absolute atomic E-state index is 0.00687. The molecule has 0 aliphatic heterocycles. The van der Waals surface area contributed by atoms with Gasteiger partial charge in [0, 0.05) is 18.4 Å². The maximum atomic E-state index is 11.9. The van der Waals surface area contributed by atoms with Crippen molar-refractivity contribution >= 4 is 21.6 Å². The quantitative estimate of drug-likeness (QED) is 0.824. The SMILES string of the molecule is C=CCC(C)NS(=O)(=O)c1cnccc1Cl. The molecule has 1 N–H and O–H groups in total. The average molecular weight is 261 g/mol. The summed E-state index contributed by atoms with van der Waals surface area (Å²) in [5, 5.41) is 0.160. The fourth-order valence-corrected chi connectivity index (χ4v) is 2.87. The lowest BCUT2D eigenvalue weighted by Crippen LogP contribution is -2.32. The highest BCUT2D eigenvalue weighted by Crippen LogP contribution is 2.19. The minimum Gasteiger partial charge on any atom is -0.263 e. The molecule has 0 aromatic carbocycles. The van der Waals surface area contributed by atoms with Gasteiger partial charge in [0.15, 0.2) is 0 Å². The number of halogens is 1. The molecular formula is C10H13ClN2O2S. The van der Waals surface area contributed by atoms with Gasteiger partial charge in [-0.1, -0.05) is 17.7 Å². The van der Waals surface area contributed by atoms with Gasteiger partial charge in [0.25, 0.3) is 0 Å². The summed E-state index contributed by atoms with van der Waals surface area (Å²) >= 11 is 5.79. The molecule has 1 heterocycles. The van der Waals surface area contributed by atoms with E-state index in [1.54, 1.807) is 13.0 Å². The average Bonchev–Trinajstić information content (AvgIpc) is 2.17. The highest BCUT2D eigenvalue weighted by Gasteiger charge is 2.19. The zero-order valence-corrected chi connectivity index (χ0v) is 10.4. The van der Waals surface area contributed by atoms with E-state index in [4.69, 9.17) is 11.6 Å². The Hall–Kier alpha value is -0.910. The van der Waals surface area contributed by atoms with Gasteiger partial charge in [-0.2, -0.15) is 0 Å². The number of nitrogens with zero attached hydrogens (tertiary/aromatic N) is 1. The zero-order valence-electron chi connectivity index (χ0n) is 8.85. The number of pyridine rings is 1. The number of hydrogen-bond donors (Lipinski definition) is 1. The summed E-state index contributed by atoms with van der Waals surface area (Å²) < 4.78 is 26.2. The van der Waals surface area contributed by atoms with Crippen LogP contribution >= 0.6 is 11.6 Å². The van der Waals surface area contributed by atoms with E-state index in [2.05, 4.69) is 16.3 Å². The van der Waals surface area contributed by atoms with Crippen LogP contribution in [0, 0.1) is 0 Å². The molecule has 16 heavy (non-hydrogen) atoms. The lowest BCUT2D eigenvalue weighted by atomic mass is 10.3. The van der Waals surface area contributed by atoms with Crippen LogP contribution in [0.2, 0.25) is 5.02 Å². The molecule has 1 rings (SSSR count). The van der Waals surface area contributed by atoms with E-state index in [-0.39, 0.29) is 16.0 Å². The van der Waals surface area contributed by atoms with Crippen LogP contribution in [0.5, 0.6) is 0 Å². The van der Waals surface area contributed by atoms with Crippen LogP contribution in [-0.4, -0.2) is 19.4 Å². The third-order valence-electron chi connectivity index (χ3n) is 1.90. The lowest BCUT2D eigenvalue weighted by Gasteiger charge is -2.12. The van der Waals surface area contributed by atoms with Gasteiger partial charge in [0.1, 0.15) is 4.90 Å². The van der Waals surface area contributed by atoms with Gasteiger partial charge in [-0.15, -0.1) is 6.58 Å². The van der Waals surface area contributed by atoms with E-state index < -0.39 is 10.0 Å². The number of sulfonamides is 1. The van der Waals surface area contributed by atoms with Gasteiger partial charge < -0.3 is 0 Å². The molecule has 0 saturated carbocycles. The van der Waals surface area contributed by atoms with Gasteiger partial charge in [0.2, 0.25) is 10.0 Å². The number of hydrogen-bond acceptors (Lipinski definition) is 3. The van der Waals surface area contributed by atoms with Gasteiger partial charge >= 0.3 is 0 Å². The predicted octanol–water partition coefficient (Wildman–Crippen LogP) is 1.98. The maximum Gasteiger partial charge on any atom is 0.243 e. The van der Waals surface area contributed by atoms with Gasteiger partial charge in [0.05, 0.1) is 5.02 Å². The molecule has 1 unspecified atom stereocenters. The van der Waals surface area contributed by atoms with E-state index in [0.29, 0.717) is 6.42 Å². The molecule has 0 saturated heterocycles. The van der Waals surface area contributed by atoms with Crippen molar-refractivity contribution in [3.05, 3.63) is 36.1 Å². The van der Waals surface area contributed by atoms with E-state index >= 15 is 0 Å². The van der Waals surface area contributed by atoms with Crippen molar-refractivity contribution in [2.75, 3.05) is 0 Å². The first-order valence-corrected chi connectivity index (χ1v) is 6.56. The Morgan fingerprint density at radius 3 is 2.94 bits per heavy atom. The minimum atomic E-state index is -3.60. The fourth-order valence-electron chi connectivity index (χ4n) is 1.19. The number of rotatable bonds is 5. The van der Waals surface area contributed by atoms with E-state index in [1.807, 2.05) is 0 Å². The summed E-state index contributed by atoms with van der Waals surface area (Å²) in [5.74, 6) is 0. The standard InChI is InChI=1S/C10H13ClN2O2S/c1-3-4-8(2)13-16(14,15)10-7-12-6-5-9(10)11/h3,5-8,13H,1,4H2,2H3. The van der Waals surface area contributed by atoms with Crippen molar-refractivity contribution in [3.8, 4) is 0 Å². The lowest BCUT2D eigenvalue weighted by molar-refractivity contribution is 0.562. The first-order valence-electron chi connectivity index (χ1n) is 4.70. The molecule has 0 fully saturated rings. The van der Waals surface area contributed by atoms with E-state index in [1.165, 1.54) is 18.5 Å². The van der Waals surface area contributed by atoms with Crippen molar-refractivity contribution in [2.24, 2.45) is 0 Å². The zero-order chi connectivity index (χ0) is 12.2. The Morgan fingerprint density at radius 2 is 2.38 bits per heavy atom. The third-order valence-corrected chi connectivity index (χ3v) is 3.96. The fraction of sp³-hybridized carbons (Fsp3) is 0.300. The molecule has 0 amide bonds. The summed E-state index contributed by atoms with van der Waals surface area (Å²) in [6, 6.07) is 1.22. The number of aromatic nitrogens is 1. The molecule has 6 heteroatoms. The monoisotopic (exact) mass is 260 g/mol. The van der Waals surface area contributed by atoms with Crippen molar-refractivity contribution < 1.29 is 8.42 Å². The predicted molar refractivity (Wildman–Crippen MR) is 63.8 cm³/mol. The molecule has 0 radical (unpaired) electrons. The first kappa shape index (κ1) is 13.2. The highest BCUT2D eigenvalue weighted by atomic mass is 35.5. The maximum absolute atomic E-state index is 11.9. The molecular weight excluding hydrogens is 248 g/mol. The van der Waals surface area contributed by atoms with Crippen LogP contribution in [0.25, 0.3) is 0 Å². The molecule has 1 aromatic rings. The molecule has 0 bridgehead atoms. The Balaban J connectivity index is 2.95. The van der Waals surface area contributed by atoms with Crippen LogP contribution in [0.15, 0.2) is 36.0 Å². The molecule has 1 aromatic heterocycles. The van der Waals surface area contributed by atoms with Crippen LogP contribution in [0.4, 0.5) is 0 Å². The van der Waals surface area contributed by atoms with Gasteiger partial charge in [-0.25, -0.2) is 13.1 Å². The summed E-state index contributed by atoms with van der Waals surface area (Å²) in [7, 11) is -3.60. The Kier molecular flexibility index (Phi) is 4.46. The largest absolute Gasteiger partial charge is 0.263 e. The molecule has 1 atom stereocenters. The second-order valence-electron chi connectivity index (χ2n) is 3.35. The van der Waals surface area contributed by atoms with Crippen molar-refractivity contribution in [2.45, 2.75) is 24.3 Å². The summed E-state index contributed by atoms with van der Waals surface area (Å²) in [5.41, 5.74) is 0. The van der Waals surface area contributed by atoms with Crippen LogP contribution in [-0.2, 0) is 10.0 Å². The molecule has 88 valence electrons. The van der Waals surface area contributed by atoms with E-state index in [0.717, 1.165) is 0 Å².